The predicted molar refractivity (Wildman–Crippen MR) is 76.7 cm³/mol. The minimum Gasteiger partial charge on any atom is -0.388 e. The van der Waals surface area contributed by atoms with Gasteiger partial charge in [-0.3, -0.25) is 9.59 Å². The second-order valence-corrected chi connectivity index (χ2v) is 6.79. The van der Waals surface area contributed by atoms with Crippen molar-refractivity contribution < 1.29 is 23.1 Å². The van der Waals surface area contributed by atoms with Crippen molar-refractivity contribution in [2.24, 2.45) is 5.41 Å². The van der Waals surface area contributed by atoms with Crippen molar-refractivity contribution in [3.63, 3.8) is 0 Å². The van der Waals surface area contributed by atoms with Gasteiger partial charge in [-0.2, -0.15) is 13.2 Å². The number of rotatable bonds is 2. The normalized spacial score (nSPS) is 24.0. The number of pyridine rings is 1. The Bertz CT molecular complexity index is 661. The molecule has 8 heteroatoms. The van der Waals surface area contributed by atoms with Crippen molar-refractivity contribution in [3.05, 3.63) is 34.2 Å². The zero-order valence-corrected chi connectivity index (χ0v) is 13.1. The van der Waals surface area contributed by atoms with Crippen LogP contribution in [0.25, 0.3) is 0 Å². The molecule has 23 heavy (non-hydrogen) atoms. The van der Waals surface area contributed by atoms with Crippen LogP contribution in [-0.4, -0.2) is 39.2 Å². The number of hydrogen-bond donors (Lipinski definition) is 1. The Kier molecular flexibility index (Phi) is 4.09. The van der Waals surface area contributed by atoms with E-state index in [1.165, 1.54) is 4.90 Å². The van der Waals surface area contributed by atoms with E-state index < -0.39 is 40.8 Å². The van der Waals surface area contributed by atoms with Gasteiger partial charge in [0.25, 0.3) is 5.56 Å². The van der Waals surface area contributed by atoms with Crippen LogP contribution in [0.15, 0.2) is 23.1 Å². The molecule has 0 radical (unpaired) electrons. The molecule has 0 aliphatic carbocycles. The van der Waals surface area contributed by atoms with Crippen LogP contribution in [-0.2, 0) is 17.5 Å². The van der Waals surface area contributed by atoms with Gasteiger partial charge in [0.15, 0.2) is 0 Å². The molecule has 1 aliphatic rings. The number of amides is 1. The van der Waals surface area contributed by atoms with Gasteiger partial charge < -0.3 is 14.6 Å². The summed E-state index contributed by atoms with van der Waals surface area (Å²) in [5.74, 6) is -0.503. The zero-order valence-electron chi connectivity index (χ0n) is 13.1. The highest BCUT2D eigenvalue weighted by atomic mass is 19.4. The molecule has 1 fully saturated rings. The highest BCUT2D eigenvalue weighted by Crippen LogP contribution is 2.38. The van der Waals surface area contributed by atoms with Crippen LogP contribution in [0.2, 0.25) is 0 Å². The number of hydrogen-bond acceptors (Lipinski definition) is 3. The minimum absolute atomic E-state index is 0.0759. The van der Waals surface area contributed by atoms with E-state index in [0.29, 0.717) is 12.3 Å². The van der Waals surface area contributed by atoms with E-state index in [0.717, 1.165) is 10.6 Å². The van der Waals surface area contributed by atoms with Crippen molar-refractivity contribution in [2.45, 2.75) is 39.1 Å². The number of carbonyl (C=O) groups excluding carboxylic acids is 1. The molecule has 1 aromatic heterocycles. The van der Waals surface area contributed by atoms with E-state index >= 15 is 0 Å². The fraction of sp³-hybridized carbons (Fsp3) is 0.600. The van der Waals surface area contributed by atoms with Crippen molar-refractivity contribution in [3.8, 4) is 0 Å². The molecule has 5 nitrogen and oxygen atoms in total. The molecule has 0 aromatic carbocycles. The van der Waals surface area contributed by atoms with Crippen LogP contribution >= 0.6 is 0 Å². The maximum absolute atomic E-state index is 12.7. The Balaban J connectivity index is 2.21. The SMILES string of the molecule is CC1(C)CN(C(=O)Cn2cc(C(F)(F)F)ccc2=O)C[C@]1(C)O. The van der Waals surface area contributed by atoms with Gasteiger partial charge in [-0.05, 0) is 13.0 Å². The quantitative estimate of drug-likeness (QED) is 0.892. The molecule has 1 saturated heterocycles. The smallest absolute Gasteiger partial charge is 0.388 e. The molecule has 2 rings (SSSR count). The highest BCUT2D eigenvalue weighted by molar-refractivity contribution is 5.76. The van der Waals surface area contributed by atoms with Gasteiger partial charge in [0.05, 0.1) is 11.2 Å². The standard InChI is InChI=1S/C15H19F3N2O3/c1-13(2)8-20(9-14(13,3)23)12(22)7-19-6-10(15(16,17)18)4-5-11(19)21/h4-6,23H,7-9H2,1-3H3/t14-/m0/s1. The molecule has 0 saturated carbocycles. The third-order valence-corrected chi connectivity index (χ3v) is 4.51. The maximum Gasteiger partial charge on any atom is 0.417 e. The molecule has 1 aromatic rings. The summed E-state index contributed by atoms with van der Waals surface area (Å²) >= 11 is 0. The molecular formula is C15H19F3N2O3. The maximum atomic E-state index is 12.7. The van der Waals surface area contributed by atoms with Crippen LogP contribution in [0.3, 0.4) is 0 Å². The van der Waals surface area contributed by atoms with Gasteiger partial charge in [0, 0.05) is 30.8 Å². The molecule has 0 unspecified atom stereocenters. The van der Waals surface area contributed by atoms with Crippen molar-refractivity contribution in [1.82, 2.24) is 9.47 Å². The van der Waals surface area contributed by atoms with Crippen LogP contribution in [0.5, 0.6) is 0 Å². The molecule has 1 atom stereocenters. The average molecular weight is 332 g/mol. The van der Waals surface area contributed by atoms with Crippen molar-refractivity contribution >= 4 is 5.91 Å². The van der Waals surface area contributed by atoms with E-state index in [1.807, 2.05) is 0 Å². The molecule has 1 amide bonds. The lowest BCUT2D eigenvalue weighted by Crippen LogP contribution is -2.40. The molecule has 1 N–H and O–H groups in total. The van der Waals surface area contributed by atoms with E-state index in [1.54, 1.807) is 20.8 Å². The highest BCUT2D eigenvalue weighted by Gasteiger charge is 2.49. The number of likely N-dealkylation sites (tertiary alicyclic amines) is 1. The monoisotopic (exact) mass is 332 g/mol. The van der Waals surface area contributed by atoms with Crippen molar-refractivity contribution in [2.75, 3.05) is 13.1 Å². The lowest BCUT2D eigenvalue weighted by atomic mass is 9.79. The second-order valence-electron chi connectivity index (χ2n) is 6.79. The van der Waals surface area contributed by atoms with Crippen LogP contribution < -0.4 is 5.56 Å². The summed E-state index contributed by atoms with van der Waals surface area (Å²) in [4.78, 5) is 25.3. The summed E-state index contributed by atoms with van der Waals surface area (Å²) in [7, 11) is 0. The number of carbonyl (C=O) groups is 1. The van der Waals surface area contributed by atoms with Gasteiger partial charge in [-0.1, -0.05) is 13.8 Å². The number of alkyl halides is 3. The number of aromatic nitrogens is 1. The topological polar surface area (TPSA) is 62.5 Å². The van der Waals surface area contributed by atoms with Gasteiger partial charge in [0.2, 0.25) is 5.91 Å². The van der Waals surface area contributed by atoms with E-state index in [9.17, 15) is 27.9 Å². The van der Waals surface area contributed by atoms with Crippen LogP contribution in [0, 0.1) is 5.41 Å². The molecular weight excluding hydrogens is 313 g/mol. The third-order valence-electron chi connectivity index (χ3n) is 4.51. The Labute approximate surface area is 131 Å². The molecule has 0 bridgehead atoms. The second kappa shape index (κ2) is 5.36. The Morgan fingerprint density at radius 3 is 2.35 bits per heavy atom. The van der Waals surface area contributed by atoms with Gasteiger partial charge in [0.1, 0.15) is 6.54 Å². The average Bonchev–Trinajstić information content (AvgIpc) is 2.60. The predicted octanol–water partition coefficient (Wildman–Crippen LogP) is 1.49. The minimum atomic E-state index is -4.59. The lowest BCUT2D eigenvalue weighted by molar-refractivity contribution is -0.138. The Morgan fingerprint density at radius 2 is 1.87 bits per heavy atom. The summed E-state index contributed by atoms with van der Waals surface area (Å²) in [6.45, 7) is 5.07. The van der Waals surface area contributed by atoms with Gasteiger partial charge in [-0.15, -0.1) is 0 Å². The number of β-amino-alcohol motifs (C(OH)–C–C–N with tert-alkyl or cyclic N) is 1. The van der Waals surface area contributed by atoms with E-state index in [2.05, 4.69) is 0 Å². The number of halogens is 3. The van der Waals surface area contributed by atoms with Gasteiger partial charge in [-0.25, -0.2) is 0 Å². The van der Waals surface area contributed by atoms with Crippen LogP contribution in [0.1, 0.15) is 26.3 Å². The molecule has 0 spiro atoms. The summed E-state index contributed by atoms with van der Waals surface area (Å²) < 4.78 is 38.8. The van der Waals surface area contributed by atoms with Gasteiger partial charge >= 0.3 is 6.18 Å². The molecule has 2 heterocycles. The lowest BCUT2D eigenvalue weighted by Gasteiger charge is -2.30. The first-order chi connectivity index (χ1) is 10.3. The fourth-order valence-electron chi connectivity index (χ4n) is 2.53. The first-order valence-corrected chi connectivity index (χ1v) is 7.11. The largest absolute Gasteiger partial charge is 0.417 e. The summed E-state index contributed by atoms with van der Waals surface area (Å²) in [6, 6.07) is 1.48. The Hall–Kier alpha value is -1.83. The first kappa shape index (κ1) is 17.5. The third kappa shape index (κ3) is 3.41. The summed E-state index contributed by atoms with van der Waals surface area (Å²) in [6.07, 6.45) is -3.95. The zero-order chi connectivity index (χ0) is 17.6. The van der Waals surface area contributed by atoms with E-state index in [-0.39, 0.29) is 13.1 Å². The summed E-state index contributed by atoms with van der Waals surface area (Å²) in [5.41, 5.74) is -3.31. The first-order valence-electron chi connectivity index (χ1n) is 7.11. The molecule has 1 aliphatic heterocycles. The fourth-order valence-corrected chi connectivity index (χ4v) is 2.53. The Morgan fingerprint density at radius 1 is 1.26 bits per heavy atom. The number of aliphatic hydroxyl groups is 1. The molecule has 128 valence electrons. The van der Waals surface area contributed by atoms with Crippen LogP contribution in [0.4, 0.5) is 13.2 Å². The van der Waals surface area contributed by atoms with E-state index in [4.69, 9.17) is 0 Å². The number of nitrogens with zero attached hydrogens (tertiary/aromatic N) is 2. The summed E-state index contributed by atoms with van der Waals surface area (Å²) in [5, 5.41) is 10.3. The van der Waals surface area contributed by atoms with Crippen molar-refractivity contribution in [1.29, 1.82) is 0 Å².